The van der Waals surface area contributed by atoms with E-state index < -0.39 is 10.1 Å². The molecule has 0 amide bonds. The van der Waals surface area contributed by atoms with Gasteiger partial charge in [-0.15, -0.1) is 0 Å². The molecule has 0 spiro atoms. The van der Waals surface area contributed by atoms with Gasteiger partial charge in [0.1, 0.15) is 0 Å². The lowest BCUT2D eigenvalue weighted by Crippen LogP contribution is -2.26. The summed E-state index contributed by atoms with van der Waals surface area (Å²) in [7, 11) is -3.28. The maximum atomic E-state index is 10.7. The van der Waals surface area contributed by atoms with Gasteiger partial charge in [0.15, 0.2) is 0 Å². The van der Waals surface area contributed by atoms with E-state index in [1.165, 1.54) is 0 Å². The first-order chi connectivity index (χ1) is 7.01. The SMILES string of the molecule is CCC1CC(CCOS(C)(=O)=O)CCO1. The molecule has 1 aliphatic heterocycles. The van der Waals surface area contributed by atoms with Gasteiger partial charge in [-0.2, -0.15) is 8.42 Å². The number of rotatable bonds is 5. The van der Waals surface area contributed by atoms with Gasteiger partial charge in [0.25, 0.3) is 10.1 Å². The Morgan fingerprint density at radius 3 is 2.80 bits per heavy atom. The Labute approximate surface area is 92.1 Å². The van der Waals surface area contributed by atoms with Crippen LogP contribution in [0, 0.1) is 5.92 Å². The molecule has 4 nitrogen and oxygen atoms in total. The highest BCUT2D eigenvalue weighted by atomic mass is 32.2. The smallest absolute Gasteiger partial charge is 0.264 e. The quantitative estimate of drug-likeness (QED) is 0.680. The summed E-state index contributed by atoms with van der Waals surface area (Å²) in [5, 5.41) is 0. The highest BCUT2D eigenvalue weighted by molar-refractivity contribution is 7.85. The molecule has 90 valence electrons. The van der Waals surface area contributed by atoms with E-state index in [0.29, 0.717) is 18.6 Å². The van der Waals surface area contributed by atoms with Gasteiger partial charge in [-0.1, -0.05) is 6.92 Å². The van der Waals surface area contributed by atoms with Gasteiger partial charge >= 0.3 is 0 Å². The summed E-state index contributed by atoms with van der Waals surface area (Å²) in [6.45, 7) is 3.21. The normalized spacial score (nSPS) is 27.9. The van der Waals surface area contributed by atoms with Crippen molar-refractivity contribution >= 4 is 10.1 Å². The summed E-state index contributed by atoms with van der Waals surface area (Å²) in [6, 6.07) is 0. The Hall–Kier alpha value is -0.130. The van der Waals surface area contributed by atoms with Crippen LogP contribution in [0.2, 0.25) is 0 Å². The summed E-state index contributed by atoms with van der Waals surface area (Å²) in [5.74, 6) is 0.547. The van der Waals surface area contributed by atoms with Gasteiger partial charge in [-0.05, 0) is 31.6 Å². The average molecular weight is 236 g/mol. The van der Waals surface area contributed by atoms with Crippen molar-refractivity contribution in [2.24, 2.45) is 5.92 Å². The summed E-state index contributed by atoms with van der Waals surface area (Å²) in [5.41, 5.74) is 0. The molecule has 1 rings (SSSR count). The third-order valence-electron chi connectivity index (χ3n) is 2.75. The molecule has 0 aromatic heterocycles. The third kappa shape index (κ3) is 5.49. The molecule has 0 aliphatic carbocycles. The highest BCUT2D eigenvalue weighted by Crippen LogP contribution is 2.24. The fourth-order valence-corrected chi connectivity index (χ4v) is 2.27. The summed E-state index contributed by atoms with van der Waals surface area (Å²) in [6.07, 6.45) is 5.33. The van der Waals surface area contributed by atoms with Crippen LogP contribution in [-0.2, 0) is 19.0 Å². The standard InChI is InChI=1S/C10H20O4S/c1-3-10-8-9(4-6-13-10)5-7-14-15(2,11)12/h9-10H,3-8H2,1-2H3. The molecular formula is C10H20O4S. The first-order valence-corrected chi connectivity index (χ1v) is 7.29. The summed E-state index contributed by atoms with van der Waals surface area (Å²) < 4.78 is 31.8. The minimum atomic E-state index is -3.28. The molecule has 1 heterocycles. The average Bonchev–Trinajstić information content (AvgIpc) is 2.16. The predicted molar refractivity (Wildman–Crippen MR) is 58.2 cm³/mol. The number of hydrogen-bond donors (Lipinski definition) is 0. The van der Waals surface area contributed by atoms with Crippen molar-refractivity contribution in [3.05, 3.63) is 0 Å². The number of ether oxygens (including phenoxy) is 1. The van der Waals surface area contributed by atoms with Gasteiger partial charge in [-0.25, -0.2) is 0 Å². The van der Waals surface area contributed by atoms with Crippen LogP contribution in [0.5, 0.6) is 0 Å². The molecule has 0 N–H and O–H groups in total. The van der Waals surface area contributed by atoms with Crippen LogP contribution in [0.3, 0.4) is 0 Å². The van der Waals surface area contributed by atoms with E-state index in [4.69, 9.17) is 8.92 Å². The molecule has 1 fully saturated rings. The van der Waals surface area contributed by atoms with Crippen LogP contribution >= 0.6 is 0 Å². The molecule has 0 radical (unpaired) electrons. The molecule has 2 atom stereocenters. The molecule has 2 unspecified atom stereocenters. The predicted octanol–water partition coefficient (Wildman–Crippen LogP) is 1.56. The summed E-state index contributed by atoms with van der Waals surface area (Å²) >= 11 is 0. The fraction of sp³-hybridized carbons (Fsp3) is 1.00. The van der Waals surface area contributed by atoms with E-state index in [2.05, 4.69) is 6.92 Å². The van der Waals surface area contributed by atoms with E-state index >= 15 is 0 Å². The second-order valence-electron chi connectivity index (χ2n) is 4.11. The van der Waals surface area contributed by atoms with Crippen LogP contribution in [0.15, 0.2) is 0 Å². The van der Waals surface area contributed by atoms with E-state index in [1.807, 2.05) is 0 Å². The van der Waals surface area contributed by atoms with Crippen molar-refractivity contribution in [1.29, 1.82) is 0 Å². The van der Waals surface area contributed by atoms with Crippen molar-refractivity contribution < 1.29 is 17.3 Å². The zero-order valence-electron chi connectivity index (χ0n) is 9.44. The molecule has 0 saturated carbocycles. The van der Waals surface area contributed by atoms with Crippen molar-refractivity contribution in [1.82, 2.24) is 0 Å². The monoisotopic (exact) mass is 236 g/mol. The second kappa shape index (κ2) is 5.82. The molecule has 0 bridgehead atoms. The van der Waals surface area contributed by atoms with E-state index in [0.717, 1.165) is 38.5 Å². The maximum Gasteiger partial charge on any atom is 0.264 e. The molecule has 1 saturated heterocycles. The van der Waals surface area contributed by atoms with Crippen LogP contribution in [-0.4, -0.2) is 34.0 Å². The second-order valence-corrected chi connectivity index (χ2v) is 5.75. The highest BCUT2D eigenvalue weighted by Gasteiger charge is 2.21. The maximum absolute atomic E-state index is 10.7. The van der Waals surface area contributed by atoms with Crippen molar-refractivity contribution in [2.75, 3.05) is 19.5 Å². The van der Waals surface area contributed by atoms with E-state index in [-0.39, 0.29) is 0 Å². The minimum absolute atomic E-state index is 0.305. The Morgan fingerprint density at radius 2 is 2.20 bits per heavy atom. The molecule has 5 heteroatoms. The van der Waals surface area contributed by atoms with E-state index in [9.17, 15) is 8.42 Å². The zero-order valence-corrected chi connectivity index (χ0v) is 10.3. The van der Waals surface area contributed by atoms with Crippen molar-refractivity contribution in [3.63, 3.8) is 0 Å². The van der Waals surface area contributed by atoms with Crippen molar-refractivity contribution in [2.45, 2.75) is 38.7 Å². The lowest BCUT2D eigenvalue weighted by Gasteiger charge is -2.28. The van der Waals surface area contributed by atoms with Crippen LogP contribution in [0.25, 0.3) is 0 Å². The van der Waals surface area contributed by atoms with Gasteiger partial charge in [0, 0.05) is 6.61 Å². The van der Waals surface area contributed by atoms with Gasteiger partial charge in [0.2, 0.25) is 0 Å². The first kappa shape index (κ1) is 12.9. The minimum Gasteiger partial charge on any atom is -0.378 e. The molecule has 0 aromatic rings. The molecule has 15 heavy (non-hydrogen) atoms. The van der Waals surface area contributed by atoms with Gasteiger partial charge in [-0.3, -0.25) is 4.18 Å². The Kier molecular flexibility index (Phi) is 5.02. The lowest BCUT2D eigenvalue weighted by atomic mass is 9.92. The van der Waals surface area contributed by atoms with Crippen LogP contribution < -0.4 is 0 Å². The van der Waals surface area contributed by atoms with Gasteiger partial charge in [0.05, 0.1) is 19.0 Å². The number of hydrogen-bond acceptors (Lipinski definition) is 4. The Balaban J connectivity index is 2.21. The molecule has 1 aliphatic rings. The topological polar surface area (TPSA) is 52.6 Å². The van der Waals surface area contributed by atoms with Crippen LogP contribution in [0.1, 0.15) is 32.6 Å². The first-order valence-electron chi connectivity index (χ1n) is 5.47. The fourth-order valence-electron chi connectivity index (χ4n) is 1.87. The molecule has 0 aromatic carbocycles. The lowest BCUT2D eigenvalue weighted by molar-refractivity contribution is -0.0141. The Bertz CT molecular complexity index is 273. The molecular weight excluding hydrogens is 216 g/mol. The Morgan fingerprint density at radius 1 is 1.47 bits per heavy atom. The largest absolute Gasteiger partial charge is 0.378 e. The third-order valence-corrected chi connectivity index (χ3v) is 3.35. The summed E-state index contributed by atoms with van der Waals surface area (Å²) in [4.78, 5) is 0. The zero-order chi connectivity index (χ0) is 11.3. The van der Waals surface area contributed by atoms with Crippen LogP contribution in [0.4, 0.5) is 0 Å². The van der Waals surface area contributed by atoms with E-state index in [1.54, 1.807) is 0 Å². The van der Waals surface area contributed by atoms with Gasteiger partial charge < -0.3 is 4.74 Å². The van der Waals surface area contributed by atoms with Crippen molar-refractivity contribution in [3.8, 4) is 0 Å².